The Bertz CT molecular complexity index is 617. The summed E-state index contributed by atoms with van der Waals surface area (Å²) in [5.41, 5.74) is 0.875. The maximum Gasteiger partial charge on any atom is 0.326 e. The second-order valence-electron chi connectivity index (χ2n) is 6.62. The highest BCUT2D eigenvalue weighted by molar-refractivity contribution is 5.91. The predicted octanol–water partition coefficient (Wildman–Crippen LogP) is 1.84. The zero-order valence-corrected chi connectivity index (χ0v) is 14.8. The maximum absolute atomic E-state index is 12.9. The number of carbonyl (C=O) groups is 3. The van der Waals surface area contributed by atoms with Gasteiger partial charge >= 0.3 is 5.97 Å². The van der Waals surface area contributed by atoms with Crippen molar-refractivity contribution in [3.8, 4) is 0 Å². The average Bonchev–Trinajstić information content (AvgIpc) is 3.09. The molecule has 1 unspecified atom stereocenters. The molecule has 0 saturated carbocycles. The Labute approximate surface area is 148 Å². The van der Waals surface area contributed by atoms with Gasteiger partial charge in [-0.25, -0.2) is 4.79 Å². The third-order valence-corrected chi connectivity index (χ3v) is 4.82. The first-order chi connectivity index (χ1) is 11.9. The number of benzene rings is 1. The molecule has 1 aliphatic rings. The molecule has 2 amide bonds. The molecule has 6 nitrogen and oxygen atoms in total. The molecule has 136 valence electrons. The van der Waals surface area contributed by atoms with Crippen LogP contribution in [0.4, 0.5) is 0 Å². The van der Waals surface area contributed by atoms with Gasteiger partial charge in [0.2, 0.25) is 11.8 Å². The molecule has 2 N–H and O–H groups in total. The molecule has 1 aromatic rings. The molecule has 2 rings (SSSR count). The second kappa shape index (κ2) is 8.65. The van der Waals surface area contributed by atoms with Crippen LogP contribution in [-0.4, -0.2) is 46.4 Å². The summed E-state index contributed by atoms with van der Waals surface area (Å²) in [7, 11) is 0. The summed E-state index contributed by atoms with van der Waals surface area (Å²) in [5, 5.41) is 12.1. The van der Waals surface area contributed by atoms with Crippen molar-refractivity contribution in [2.24, 2.45) is 5.92 Å². The minimum atomic E-state index is -0.982. The number of nitrogens with one attached hydrogen (secondary N) is 1. The van der Waals surface area contributed by atoms with Crippen molar-refractivity contribution in [3.63, 3.8) is 0 Å². The van der Waals surface area contributed by atoms with E-state index in [0.717, 1.165) is 5.56 Å². The first-order valence-corrected chi connectivity index (χ1v) is 8.80. The average molecular weight is 346 g/mol. The molecule has 0 spiro atoms. The summed E-state index contributed by atoms with van der Waals surface area (Å²) < 4.78 is 0. The molecule has 1 aromatic carbocycles. The number of amides is 2. The van der Waals surface area contributed by atoms with Crippen molar-refractivity contribution in [3.05, 3.63) is 35.9 Å². The smallest absolute Gasteiger partial charge is 0.326 e. The molecule has 1 fully saturated rings. The number of rotatable bonds is 7. The lowest BCUT2D eigenvalue weighted by atomic mass is 9.97. The quantitative estimate of drug-likeness (QED) is 0.789. The van der Waals surface area contributed by atoms with Gasteiger partial charge in [-0.05, 0) is 24.3 Å². The van der Waals surface area contributed by atoms with E-state index in [0.29, 0.717) is 25.8 Å². The summed E-state index contributed by atoms with van der Waals surface area (Å²) in [6.45, 7) is 4.28. The topological polar surface area (TPSA) is 86.7 Å². The van der Waals surface area contributed by atoms with E-state index in [2.05, 4.69) is 5.32 Å². The van der Waals surface area contributed by atoms with Crippen LogP contribution in [0.25, 0.3) is 0 Å². The summed E-state index contributed by atoms with van der Waals surface area (Å²) >= 11 is 0. The molecule has 1 aliphatic heterocycles. The fraction of sp³-hybridized carbons (Fsp3) is 0.526. The van der Waals surface area contributed by atoms with Gasteiger partial charge in [0.15, 0.2) is 0 Å². The van der Waals surface area contributed by atoms with E-state index < -0.39 is 18.1 Å². The number of carbonyl (C=O) groups excluding carboxylic acids is 2. The Hall–Kier alpha value is -2.37. The molecule has 0 aliphatic carbocycles. The highest BCUT2D eigenvalue weighted by Gasteiger charge is 2.38. The number of carboxylic acids is 1. The van der Waals surface area contributed by atoms with Gasteiger partial charge in [-0.1, -0.05) is 50.6 Å². The fourth-order valence-electron chi connectivity index (χ4n) is 3.15. The molecule has 0 radical (unpaired) electrons. The number of carboxylic acid groups (broad SMARTS) is 1. The number of hydrogen-bond donors (Lipinski definition) is 2. The Morgan fingerprint density at radius 2 is 1.96 bits per heavy atom. The standard InChI is InChI=1S/C19H26N2O4/c1-3-13(2)17(18(23)21-11-7-10-15(21)19(24)25)20-16(22)12-14-8-5-4-6-9-14/h4-6,8-9,13,15,17H,3,7,10-12H2,1-2H3,(H,20,22)(H,24,25)/t13?,15-,17-/m0/s1. The molecule has 3 atom stereocenters. The molecule has 0 aromatic heterocycles. The Morgan fingerprint density at radius 3 is 2.56 bits per heavy atom. The van der Waals surface area contributed by atoms with Crippen molar-refractivity contribution < 1.29 is 19.5 Å². The van der Waals surface area contributed by atoms with Crippen LogP contribution in [0.5, 0.6) is 0 Å². The molecule has 6 heteroatoms. The van der Waals surface area contributed by atoms with Crippen LogP contribution in [0.2, 0.25) is 0 Å². The number of likely N-dealkylation sites (tertiary alicyclic amines) is 1. The van der Waals surface area contributed by atoms with Gasteiger partial charge in [0, 0.05) is 6.54 Å². The minimum absolute atomic E-state index is 0.0673. The van der Waals surface area contributed by atoms with E-state index in [1.165, 1.54) is 4.90 Å². The van der Waals surface area contributed by atoms with Crippen molar-refractivity contribution in [1.82, 2.24) is 10.2 Å². The largest absolute Gasteiger partial charge is 0.480 e. The summed E-state index contributed by atoms with van der Waals surface area (Å²) in [6.07, 6.45) is 2.05. The maximum atomic E-state index is 12.9. The molecular weight excluding hydrogens is 320 g/mol. The Kier molecular flexibility index (Phi) is 6.56. The number of nitrogens with zero attached hydrogens (tertiary/aromatic N) is 1. The lowest BCUT2D eigenvalue weighted by Crippen LogP contribution is -2.54. The van der Waals surface area contributed by atoms with Crippen molar-refractivity contribution in [2.45, 2.75) is 51.6 Å². The van der Waals surface area contributed by atoms with Gasteiger partial charge in [-0.15, -0.1) is 0 Å². The van der Waals surface area contributed by atoms with E-state index in [9.17, 15) is 19.5 Å². The van der Waals surface area contributed by atoms with Crippen LogP contribution < -0.4 is 5.32 Å². The molecule has 1 heterocycles. The molecular formula is C19H26N2O4. The summed E-state index contributed by atoms with van der Waals surface area (Å²) in [4.78, 5) is 38.0. The number of hydrogen-bond acceptors (Lipinski definition) is 3. The van der Waals surface area contributed by atoms with Gasteiger partial charge in [0.05, 0.1) is 6.42 Å². The van der Waals surface area contributed by atoms with Gasteiger partial charge in [-0.3, -0.25) is 9.59 Å². The third-order valence-electron chi connectivity index (χ3n) is 4.82. The van der Waals surface area contributed by atoms with E-state index in [4.69, 9.17) is 0 Å². The highest BCUT2D eigenvalue weighted by atomic mass is 16.4. The van der Waals surface area contributed by atoms with Crippen LogP contribution in [-0.2, 0) is 20.8 Å². The monoisotopic (exact) mass is 346 g/mol. The van der Waals surface area contributed by atoms with Gasteiger partial charge in [0.25, 0.3) is 0 Å². The molecule has 1 saturated heterocycles. The first kappa shape index (κ1) is 19.0. The van der Waals surface area contributed by atoms with Crippen LogP contribution in [0.3, 0.4) is 0 Å². The Balaban J connectivity index is 2.09. The van der Waals surface area contributed by atoms with Crippen molar-refractivity contribution in [1.29, 1.82) is 0 Å². The zero-order chi connectivity index (χ0) is 18.4. The van der Waals surface area contributed by atoms with Gasteiger partial charge in [0.1, 0.15) is 12.1 Å². The zero-order valence-electron chi connectivity index (χ0n) is 14.8. The van der Waals surface area contributed by atoms with Crippen molar-refractivity contribution >= 4 is 17.8 Å². The normalized spacial score (nSPS) is 19.3. The fourth-order valence-corrected chi connectivity index (χ4v) is 3.15. The van der Waals surface area contributed by atoms with Crippen LogP contribution >= 0.6 is 0 Å². The lowest BCUT2D eigenvalue weighted by Gasteiger charge is -2.30. The number of aliphatic carboxylic acids is 1. The van der Waals surface area contributed by atoms with E-state index in [-0.39, 0.29) is 24.2 Å². The van der Waals surface area contributed by atoms with Crippen LogP contribution in [0, 0.1) is 5.92 Å². The second-order valence-corrected chi connectivity index (χ2v) is 6.62. The van der Waals surface area contributed by atoms with Gasteiger partial charge in [-0.2, -0.15) is 0 Å². The molecule has 25 heavy (non-hydrogen) atoms. The molecule has 0 bridgehead atoms. The van der Waals surface area contributed by atoms with Crippen LogP contribution in [0.15, 0.2) is 30.3 Å². The highest BCUT2D eigenvalue weighted by Crippen LogP contribution is 2.21. The van der Waals surface area contributed by atoms with Gasteiger partial charge < -0.3 is 15.3 Å². The third kappa shape index (κ3) is 4.81. The predicted molar refractivity (Wildman–Crippen MR) is 93.9 cm³/mol. The van der Waals surface area contributed by atoms with E-state index in [1.807, 2.05) is 44.2 Å². The Morgan fingerprint density at radius 1 is 1.28 bits per heavy atom. The van der Waals surface area contributed by atoms with Crippen molar-refractivity contribution in [2.75, 3.05) is 6.54 Å². The first-order valence-electron chi connectivity index (χ1n) is 8.80. The van der Waals surface area contributed by atoms with E-state index >= 15 is 0 Å². The van der Waals surface area contributed by atoms with E-state index in [1.54, 1.807) is 0 Å². The van der Waals surface area contributed by atoms with Crippen LogP contribution in [0.1, 0.15) is 38.7 Å². The summed E-state index contributed by atoms with van der Waals surface area (Å²) in [5.74, 6) is -1.57. The lowest BCUT2D eigenvalue weighted by molar-refractivity contribution is -0.150. The SMILES string of the molecule is CCC(C)[C@H](NC(=O)Cc1ccccc1)C(=O)N1CCC[C@H]1C(=O)O. The summed E-state index contributed by atoms with van der Waals surface area (Å²) in [6, 6.07) is 7.85. The minimum Gasteiger partial charge on any atom is -0.480 e.